The van der Waals surface area contributed by atoms with E-state index < -0.39 is 0 Å². The van der Waals surface area contributed by atoms with Gasteiger partial charge in [-0.15, -0.1) is 0 Å². The molecular formula is C21H33NO2. The molecule has 2 rings (SSSR count). The number of nitrogens with zero attached hydrogens (tertiary/aromatic N) is 1. The highest BCUT2D eigenvalue weighted by Gasteiger charge is 2.25. The molecular weight excluding hydrogens is 298 g/mol. The SMILES string of the molecule is CC(C)(C)c1cc(C=NC2CCCCC2O)c(O)c(C(C)(C)C)c1. The van der Waals surface area contributed by atoms with E-state index in [2.05, 4.69) is 52.6 Å². The minimum atomic E-state index is -0.356. The predicted molar refractivity (Wildman–Crippen MR) is 101 cm³/mol. The molecule has 0 bridgehead atoms. The Morgan fingerprint density at radius 3 is 2.17 bits per heavy atom. The normalized spacial score (nSPS) is 23.0. The summed E-state index contributed by atoms with van der Waals surface area (Å²) in [4.78, 5) is 4.61. The molecule has 2 atom stereocenters. The average molecular weight is 332 g/mol. The molecule has 3 nitrogen and oxygen atoms in total. The van der Waals surface area contributed by atoms with E-state index in [9.17, 15) is 10.2 Å². The molecule has 0 saturated heterocycles. The average Bonchev–Trinajstić information content (AvgIpc) is 2.45. The van der Waals surface area contributed by atoms with E-state index in [1.54, 1.807) is 6.21 Å². The second-order valence-corrected chi connectivity index (χ2v) is 9.16. The van der Waals surface area contributed by atoms with Crippen molar-refractivity contribution in [2.24, 2.45) is 4.99 Å². The van der Waals surface area contributed by atoms with E-state index in [0.29, 0.717) is 5.75 Å². The van der Waals surface area contributed by atoms with Crippen molar-refractivity contribution in [3.05, 3.63) is 28.8 Å². The summed E-state index contributed by atoms with van der Waals surface area (Å²) in [7, 11) is 0. The molecule has 134 valence electrons. The van der Waals surface area contributed by atoms with E-state index >= 15 is 0 Å². The number of hydrogen-bond donors (Lipinski definition) is 2. The molecule has 24 heavy (non-hydrogen) atoms. The zero-order chi connectivity index (χ0) is 18.1. The number of benzene rings is 1. The van der Waals surface area contributed by atoms with Crippen LogP contribution in [0.4, 0.5) is 0 Å². The van der Waals surface area contributed by atoms with Gasteiger partial charge in [0.25, 0.3) is 0 Å². The van der Waals surface area contributed by atoms with Crippen molar-refractivity contribution in [1.82, 2.24) is 0 Å². The first-order valence-corrected chi connectivity index (χ1v) is 9.09. The molecule has 0 heterocycles. The molecule has 0 amide bonds. The first kappa shape index (κ1) is 19.0. The molecule has 3 heteroatoms. The van der Waals surface area contributed by atoms with Gasteiger partial charge in [0.15, 0.2) is 0 Å². The Morgan fingerprint density at radius 1 is 1.00 bits per heavy atom. The highest BCUT2D eigenvalue weighted by molar-refractivity contribution is 5.85. The third kappa shape index (κ3) is 4.38. The zero-order valence-corrected chi connectivity index (χ0v) is 16.1. The number of aliphatic hydroxyl groups excluding tert-OH is 1. The molecule has 0 spiro atoms. The second-order valence-electron chi connectivity index (χ2n) is 9.16. The van der Waals surface area contributed by atoms with Gasteiger partial charge in [-0.3, -0.25) is 4.99 Å². The van der Waals surface area contributed by atoms with E-state index in [0.717, 1.165) is 36.8 Å². The van der Waals surface area contributed by atoms with Crippen LogP contribution in [-0.2, 0) is 10.8 Å². The van der Waals surface area contributed by atoms with Crippen LogP contribution < -0.4 is 0 Å². The van der Waals surface area contributed by atoms with Crippen LogP contribution in [0.3, 0.4) is 0 Å². The number of phenols is 1. The molecule has 1 aromatic rings. The largest absolute Gasteiger partial charge is 0.507 e. The summed E-state index contributed by atoms with van der Waals surface area (Å²) in [5, 5.41) is 20.9. The summed E-state index contributed by atoms with van der Waals surface area (Å²) in [6, 6.07) is 4.10. The molecule has 0 radical (unpaired) electrons. The van der Waals surface area contributed by atoms with Crippen molar-refractivity contribution in [2.75, 3.05) is 0 Å². The Morgan fingerprint density at radius 2 is 1.62 bits per heavy atom. The summed E-state index contributed by atoms with van der Waals surface area (Å²) in [5.74, 6) is 0.310. The van der Waals surface area contributed by atoms with Gasteiger partial charge in [-0.2, -0.15) is 0 Å². The van der Waals surface area contributed by atoms with E-state index in [-0.39, 0.29) is 23.0 Å². The van der Waals surface area contributed by atoms with Crippen LogP contribution in [0.2, 0.25) is 0 Å². The lowest BCUT2D eigenvalue weighted by atomic mass is 9.79. The Balaban J connectivity index is 2.44. The molecule has 1 saturated carbocycles. The summed E-state index contributed by atoms with van der Waals surface area (Å²) in [5.41, 5.74) is 2.75. The van der Waals surface area contributed by atoms with Gasteiger partial charge < -0.3 is 10.2 Å². The molecule has 0 aliphatic heterocycles. The van der Waals surface area contributed by atoms with Gasteiger partial charge in [0.1, 0.15) is 5.75 Å². The lowest BCUT2D eigenvalue weighted by molar-refractivity contribution is 0.110. The number of hydrogen-bond acceptors (Lipinski definition) is 3. The number of phenolic OH excluding ortho intramolecular Hbond substituents is 1. The van der Waals surface area contributed by atoms with Crippen LogP contribution in [0.5, 0.6) is 5.75 Å². The van der Waals surface area contributed by atoms with Gasteiger partial charge in [0.2, 0.25) is 0 Å². The summed E-state index contributed by atoms with van der Waals surface area (Å²) < 4.78 is 0. The van der Waals surface area contributed by atoms with Gasteiger partial charge in [-0.05, 0) is 35.3 Å². The number of aromatic hydroxyl groups is 1. The smallest absolute Gasteiger partial charge is 0.128 e. The monoisotopic (exact) mass is 331 g/mol. The first-order chi connectivity index (χ1) is 11.0. The molecule has 1 fully saturated rings. The van der Waals surface area contributed by atoms with Crippen LogP contribution in [0, 0.1) is 0 Å². The van der Waals surface area contributed by atoms with Crippen LogP contribution in [0.1, 0.15) is 83.9 Å². The minimum absolute atomic E-state index is 0.000637. The third-order valence-electron chi connectivity index (χ3n) is 4.91. The summed E-state index contributed by atoms with van der Waals surface area (Å²) >= 11 is 0. The Bertz CT molecular complexity index is 605. The van der Waals surface area contributed by atoms with E-state index in [4.69, 9.17) is 0 Å². The Kier molecular flexibility index (Phi) is 5.44. The fourth-order valence-electron chi connectivity index (χ4n) is 3.20. The van der Waals surface area contributed by atoms with Crippen LogP contribution >= 0.6 is 0 Å². The number of aliphatic hydroxyl groups is 1. The molecule has 0 aromatic heterocycles. The lowest BCUT2D eigenvalue weighted by Gasteiger charge is -2.27. The first-order valence-electron chi connectivity index (χ1n) is 9.09. The molecule has 1 aliphatic rings. The Labute approximate surface area is 146 Å². The summed E-state index contributed by atoms with van der Waals surface area (Å²) in [6.07, 6.45) is 5.34. The number of rotatable bonds is 2. The fourth-order valence-corrected chi connectivity index (χ4v) is 3.20. The maximum Gasteiger partial charge on any atom is 0.128 e. The van der Waals surface area contributed by atoms with Crippen molar-refractivity contribution < 1.29 is 10.2 Å². The van der Waals surface area contributed by atoms with E-state index in [1.807, 2.05) is 6.07 Å². The minimum Gasteiger partial charge on any atom is -0.507 e. The topological polar surface area (TPSA) is 52.8 Å². The van der Waals surface area contributed by atoms with Crippen molar-refractivity contribution in [3.63, 3.8) is 0 Å². The maximum atomic E-state index is 10.8. The molecule has 2 N–H and O–H groups in total. The number of aliphatic imine (C=N–C) groups is 1. The van der Waals surface area contributed by atoms with Crippen molar-refractivity contribution in [3.8, 4) is 5.75 Å². The summed E-state index contributed by atoms with van der Waals surface area (Å²) in [6.45, 7) is 12.9. The quantitative estimate of drug-likeness (QED) is 0.771. The van der Waals surface area contributed by atoms with Crippen molar-refractivity contribution >= 4 is 6.21 Å². The van der Waals surface area contributed by atoms with Crippen LogP contribution in [0.25, 0.3) is 0 Å². The van der Waals surface area contributed by atoms with Gasteiger partial charge in [0.05, 0.1) is 12.1 Å². The van der Waals surface area contributed by atoms with Gasteiger partial charge in [-0.25, -0.2) is 0 Å². The second kappa shape index (κ2) is 6.87. The molecule has 1 aliphatic carbocycles. The van der Waals surface area contributed by atoms with Crippen molar-refractivity contribution in [2.45, 2.75) is 90.2 Å². The van der Waals surface area contributed by atoms with Gasteiger partial charge in [0, 0.05) is 17.3 Å². The lowest BCUT2D eigenvalue weighted by Crippen LogP contribution is -2.28. The van der Waals surface area contributed by atoms with Crippen LogP contribution in [-0.4, -0.2) is 28.6 Å². The van der Waals surface area contributed by atoms with Gasteiger partial charge in [-0.1, -0.05) is 60.5 Å². The van der Waals surface area contributed by atoms with Gasteiger partial charge >= 0.3 is 0 Å². The maximum absolute atomic E-state index is 10.8. The standard InChI is InChI=1S/C21H33NO2/c1-20(2,3)15-11-14(19(24)16(12-15)21(4,5)6)13-22-17-9-7-8-10-18(17)23/h11-13,17-18,23-24H,7-10H2,1-6H3. The predicted octanol–water partition coefficient (Wildman–Crippen LogP) is 4.71. The van der Waals surface area contributed by atoms with E-state index in [1.165, 1.54) is 5.56 Å². The Hall–Kier alpha value is -1.35. The molecule has 1 aromatic carbocycles. The third-order valence-corrected chi connectivity index (χ3v) is 4.91. The highest BCUT2D eigenvalue weighted by atomic mass is 16.3. The zero-order valence-electron chi connectivity index (χ0n) is 16.1. The van der Waals surface area contributed by atoms with Crippen molar-refractivity contribution in [1.29, 1.82) is 0 Å². The highest BCUT2D eigenvalue weighted by Crippen LogP contribution is 2.37. The fraction of sp³-hybridized carbons (Fsp3) is 0.667. The van der Waals surface area contributed by atoms with Crippen LogP contribution in [0.15, 0.2) is 17.1 Å². The molecule has 2 unspecified atom stereocenters.